The Morgan fingerprint density at radius 3 is 2.46 bits per heavy atom. The molecule has 0 aliphatic carbocycles. The van der Waals surface area contributed by atoms with Crippen LogP contribution in [0.2, 0.25) is 0 Å². The minimum atomic E-state index is 0. The molecule has 0 aliphatic rings. The van der Waals surface area contributed by atoms with E-state index in [2.05, 4.69) is 26.8 Å². The molecule has 2 N–H and O–H groups in total. The second-order valence-electron chi connectivity index (χ2n) is 6.84. The van der Waals surface area contributed by atoms with Gasteiger partial charge >= 0.3 is 0 Å². The number of nitrogens with zero attached hydrogens (tertiary/aromatic N) is 1. The van der Waals surface area contributed by atoms with E-state index in [0.717, 1.165) is 30.7 Å². The van der Waals surface area contributed by atoms with Crippen LogP contribution < -0.4 is 10.5 Å². The first-order chi connectivity index (χ1) is 10.8. The molecule has 0 saturated carbocycles. The van der Waals surface area contributed by atoms with Gasteiger partial charge in [0.1, 0.15) is 5.75 Å². The number of ether oxygens (including phenoxy) is 1. The zero-order valence-corrected chi connectivity index (χ0v) is 16.4. The third kappa shape index (κ3) is 7.54. The molecule has 4 nitrogen and oxygen atoms in total. The fraction of sp³-hybridized carbons (Fsp3) is 0.632. The molecule has 0 fully saturated rings. The monoisotopic (exact) mass is 356 g/mol. The maximum absolute atomic E-state index is 12.3. The van der Waals surface area contributed by atoms with Crippen molar-refractivity contribution in [3.63, 3.8) is 0 Å². The molecule has 1 rings (SSSR count). The predicted molar refractivity (Wildman–Crippen MR) is 103 cm³/mol. The van der Waals surface area contributed by atoms with Crippen LogP contribution >= 0.6 is 12.4 Å². The van der Waals surface area contributed by atoms with Gasteiger partial charge in [-0.25, -0.2) is 0 Å². The molecule has 0 radical (unpaired) electrons. The lowest BCUT2D eigenvalue weighted by Crippen LogP contribution is -2.35. The van der Waals surface area contributed by atoms with Crippen molar-refractivity contribution in [1.29, 1.82) is 0 Å². The highest BCUT2D eigenvalue weighted by atomic mass is 35.5. The summed E-state index contributed by atoms with van der Waals surface area (Å²) >= 11 is 0. The number of rotatable bonds is 9. The molecular weight excluding hydrogens is 324 g/mol. The van der Waals surface area contributed by atoms with Crippen LogP contribution in [-0.2, 0) is 11.2 Å². The van der Waals surface area contributed by atoms with Gasteiger partial charge in [-0.05, 0) is 36.3 Å². The van der Waals surface area contributed by atoms with E-state index >= 15 is 0 Å². The lowest BCUT2D eigenvalue weighted by Gasteiger charge is -2.23. The quantitative estimate of drug-likeness (QED) is 0.736. The number of benzene rings is 1. The number of carbonyl (C=O) groups is 1. The molecule has 1 aromatic carbocycles. The molecule has 0 aliphatic heterocycles. The first-order valence-electron chi connectivity index (χ1n) is 8.46. The van der Waals surface area contributed by atoms with E-state index in [9.17, 15) is 4.79 Å². The summed E-state index contributed by atoms with van der Waals surface area (Å²) in [4.78, 5) is 14.1. The Kier molecular flexibility index (Phi) is 10.7. The van der Waals surface area contributed by atoms with Gasteiger partial charge < -0.3 is 15.4 Å². The number of carbonyl (C=O) groups excluding carboxylic acids is 1. The number of amides is 1. The Hall–Kier alpha value is -1.26. The lowest BCUT2D eigenvalue weighted by atomic mass is 9.96. The molecule has 2 unspecified atom stereocenters. The molecule has 2 atom stereocenters. The van der Waals surface area contributed by atoms with Crippen LogP contribution in [0.1, 0.15) is 39.2 Å². The number of hydrogen-bond acceptors (Lipinski definition) is 3. The summed E-state index contributed by atoms with van der Waals surface area (Å²) in [6.45, 7) is 7.06. The van der Waals surface area contributed by atoms with Crippen LogP contribution in [0.3, 0.4) is 0 Å². The zero-order chi connectivity index (χ0) is 17.4. The highest BCUT2D eigenvalue weighted by molar-refractivity contribution is 5.85. The fourth-order valence-electron chi connectivity index (χ4n) is 2.57. The number of para-hydroxylation sites is 1. The first kappa shape index (κ1) is 22.7. The Labute approximate surface area is 153 Å². The normalized spacial score (nSPS) is 13.1. The van der Waals surface area contributed by atoms with E-state index in [4.69, 9.17) is 10.5 Å². The van der Waals surface area contributed by atoms with Gasteiger partial charge in [-0.1, -0.05) is 39.0 Å². The highest BCUT2D eigenvalue weighted by Crippen LogP contribution is 2.22. The van der Waals surface area contributed by atoms with Crippen molar-refractivity contribution in [3.8, 4) is 5.75 Å². The molecule has 1 amide bonds. The molecule has 5 heteroatoms. The number of halogens is 1. The molecule has 0 saturated heterocycles. The van der Waals surface area contributed by atoms with Crippen LogP contribution in [0.15, 0.2) is 24.3 Å². The summed E-state index contributed by atoms with van der Waals surface area (Å²) in [5, 5.41) is 0. The predicted octanol–water partition coefficient (Wildman–Crippen LogP) is 3.52. The van der Waals surface area contributed by atoms with E-state index in [-0.39, 0.29) is 30.3 Å². The van der Waals surface area contributed by atoms with Crippen molar-refractivity contribution < 1.29 is 9.53 Å². The van der Waals surface area contributed by atoms with Crippen molar-refractivity contribution in [1.82, 2.24) is 4.90 Å². The average Bonchev–Trinajstić information content (AvgIpc) is 2.52. The van der Waals surface area contributed by atoms with E-state index < -0.39 is 0 Å². The first-order valence-corrected chi connectivity index (χ1v) is 8.46. The number of hydrogen-bond donors (Lipinski definition) is 1. The van der Waals surface area contributed by atoms with Gasteiger partial charge in [0.05, 0.1) is 7.11 Å². The lowest BCUT2D eigenvalue weighted by molar-refractivity contribution is -0.130. The third-order valence-corrected chi connectivity index (χ3v) is 4.36. The summed E-state index contributed by atoms with van der Waals surface area (Å²) in [5.41, 5.74) is 7.20. The molecule has 138 valence electrons. The Morgan fingerprint density at radius 2 is 1.88 bits per heavy atom. The van der Waals surface area contributed by atoms with E-state index in [1.807, 2.05) is 25.2 Å². The summed E-state index contributed by atoms with van der Waals surface area (Å²) in [7, 11) is 3.55. The SMILES string of the molecule is COc1ccccc1CC(C)CC(=O)N(C)CCC(N)C(C)C.Cl. The second-order valence-corrected chi connectivity index (χ2v) is 6.84. The van der Waals surface area contributed by atoms with Crippen molar-refractivity contribution >= 4 is 18.3 Å². The molecule has 1 aromatic rings. The van der Waals surface area contributed by atoms with Crippen LogP contribution in [0.5, 0.6) is 5.75 Å². The van der Waals surface area contributed by atoms with Crippen molar-refractivity contribution in [2.45, 2.75) is 46.1 Å². The topological polar surface area (TPSA) is 55.6 Å². The van der Waals surface area contributed by atoms with E-state index in [1.165, 1.54) is 0 Å². The zero-order valence-electron chi connectivity index (χ0n) is 15.6. The van der Waals surface area contributed by atoms with Gasteiger partial charge in [-0.3, -0.25) is 4.79 Å². The summed E-state index contributed by atoms with van der Waals surface area (Å²) in [6.07, 6.45) is 2.24. The Balaban J connectivity index is 0.00000529. The second kappa shape index (κ2) is 11.3. The molecule has 0 heterocycles. The number of methoxy groups -OCH3 is 1. The van der Waals surface area contributed by atoms with E-state index in [0.29, 0.717) is 12.3 Å². The minimum absolute atomic E-state index is 0. The van der Waals surface area contributed by atoms with Gasteiger partial charge in [0.2, 0.25) is 5.91 Å². The standard InChI is InChI=1S/C19H32N2O2.ClH/c1-14(2)17(20)10-11-21(4)19(22)13-15(3)12-16-8-6-7-9-18(16)23-5;/h6-9,14-15,17H,10-13,20H2,1-5H3;1H. The van der Waals surface area contributed by atoms with Gasteiger partial charge in [-0.15, -0.1) is 12.4 Å². The summed E-state index contributed by atoms with van der Waals surface area (Å²) in [5.74, 6) is 1.80. The maximum atomic E-state index is 12.3. The number of nitrogens with two attached hydrogens (primary N) is 1. The van der Waals surface area contributed by atoms with Crippen molar-refractivity contribution in [2.75, 3.05) is 20.7 Å². The summed E-state index contributed by atoms with van der Waals surface area (Å²) < 4.78 is 5.38. The van der Waals surface area contributed by atoms with Crippen LogP contribution in [0.4, 0.5) is 0 Å². The molecule has 0 bridgehead atoms. The largest absolute Gasteiger partial charge is 0.496 e. The van der Waals surface area contributed by atoms with Gasteiger partial charge in [0.25, 0.3) is 0 Å². The van der Waals surface area contributed by atoms with Crippen LogP contribution in [-0.4, -0.2) is 37.6 Å². The maximum Gasteiger partial charge on any atom is 0.222 e. The molecular formula is C19H33ClN2O2. The van der Waals surface area contributed by atoms with Crippen molar-refractivity contribution in [2.24, 2.45) is 17.6 Å². The van der Waals surface area contributed by atoms with Gasteiger partial charge in [0.15, 0.2) is 0 Å². The van der Waals surface area contributed by atoms with Gasteiger partial charge in [-0.2, -0.15) is 0 Å². The van der Waals surface area contributed by atoms with Crippen LogP contribution in [0.25, 0.3) is 0 Å². The molecule has 24 heavy (non-hydrogen) atoms. The molecule has 0 aromatic heterocycles. The highest BCUT2D eigenvalue weighted by Gasteiger charge is 2.16. The van der Waals surface area contributed by atoms with Crippen LogP contribution in [0, 0.1) is 11.8 Å². The minimum Gasteiger partial charge on any atom is -0.496 e. The Morgan fingerprint density at radius 1 is 1.25 bits per heavy atom. The van der Waals surface area contributed by atoms with E-state index in [1.54, 1.807) is 12.0 Å². The molecule has 0 spiro atoms. The third-order valence-electron chi connectivity index (χ3n) is 4.36. The average molecular weight is 357 g/mol. The smallest absolute Gasteiger partial charge is 0.222 e. The fourth-order valence-corrected chi connectivity index (χ4v) is 2.57. The van der Waals surface area contributed by atoms with Gasteiger partial charge in [0, 0.05) is 26.1 Å². The van der Waals surface area contributed by atoms with Crippen molar-refractivity contribution in [3.05, 3.63) is 29.8 Å². The Bertz CT molecular complexity index is 494. The summed E-state index contributed by atoms with van der Waals surface area (Å²) in [6, 6.07) is 8.14.